The van der Waals surface area contributed by atoms with E-state index in [4.69, 9.17) is 5.26 Å². The van der Waals surface area contributed by atoms with E-state index in [1.807, 2.05) is 0 Å². The van der Waals surface area contributed by atoms with Crippen molar-refractivity contribution >= 4 is 0 Å². The van der Waals surface area contributed by atoms with Crippen LogP contribution in [0.4, 0.5) is 0 Å². The second kappa shape index (κ2) is 2.75. The van der Waals surface area contributed by atoms with E-state index < -0.39 is 17.1 Å². The van der Waals surface area contributed by atoms with E-state index in [1.165, 1.54) is 0 Å². The van der Waals surface area contributed by atoms with E-state index in [9.17, 15) is 14.4 Å². The third kappa shape index (κ3) is 1.24. The Hall–Kier alpha value is -2.30. The number of hydrogen-bond acceptors (Lipinski definition) is 5. The highest BCUT2D eigenvalue weighted by Crippen LogP contribution is 1.52. The van der Waals surface area contributed by atoms with Crippen LogP contribution in [0.5, 0.6) is 0 Å². The van der Waals surface area contributed by atoms with Gasteiger partial charge in [-0.25, -0.2) is 14.4 Å². The second-order valence-electron chi connectivity index (χ2n) is 1.67. The zero-order chi connectivity index (χ0) is 9.14. The first kappa shape index (κ1) is 7.80. The van der Waals surface area contributed by atoms with Gasteiger partial charge in [-0.15, -0.1) is 5.26 Å². The van der Waals surface area contributed by atoms with E-state index in [1.54, 1.807) is 9.97 Å². The molecule has 0 aromatic carbocycles. The lowest BCUT2D eigenvalue weighted by molar-refractivity contribution is 0.197. The molecule has 0 unspecified atom stereocenters. The first-order chi connectivity index (χ1) is 5.65. The minimum absolute atomic E-state index is 0.0847. The second-order valence-corrected chi connectivity index (χ2v) is 1.67. The summed E-state index contributed by atoms with van der Waals surface area (Å²) in [5.74, 6) is 0. The molecule has 2 N–H and O–H groups in total. The van der Waals surface area contributed by atoms with E-state index in [0.717, 1.165) is 6.26 Å². The van der Waals surface area contributed by atoms with Crippen LogP contribution in [0.2, 0.25) is 0 Å². The van der Waals surface area contributed by atoms with Crippen LogP contribution < -0.4 is 21.9 Å². The molecule has 0 atom stereocenters. The number of H-pyrrole nitrogens is 2. The number of rotatable bonds is 1. The van der Waals surface area contributed by atoms with Gasteiger partial charge in [-0.05, 0) is 0 Å². The summed E-state index contributed by atoms with van der Waals surface area (Å²) in [7, 11) is 0. The van der Waals surface area contributed by atoms with Crippen LogP contribution >= 0.6 is 0 Å². The Morgan fingerprint density at radius 3 is 2.17 bits per heavy atom. The molecule has 1 heterocycles. The topological polar surface area (TPSA) is 121 Å². The summed E-state index contributed by atoms with van der Waals surface area (Å²) in [6, 6.07) is 0. The normalized spacial score (nSPS) is 8.92. The molecule has 0 aliphatic carbocycles. The largest absolute Gasteiger partial charge is 0.368 e. The summed E-state index contributed by atoms with van der Waals surface area (Å²) in [6.45, 7) is 0. The summed E-state index contributed by atoms with van der Waals surface area (Å²) < 4.78 is 0.0847. The van der Waals surface area contributed by atoms with Crippen molar-refractivity contribution < 1.29 is 4.84 Å². The molecule has 0 radical (unpaired) electrons. The molecule has 1 aromatic heterocycles. The van der Waals surface area contributed by atoms with Crippen LogP contribution in [0.15, 0.2) is 14.4 Å². The Bertz CT molecular complexity index is 451. The summed E-state index contributed by atoms with van der Waals surface area (Å²) in [5.41, 5.74) is -3.17. The fourth-order valence-electron chi connectivity index (χ4n) is 0.543. The highest BCUT2D eigenvalue weighted by Gasteiger charge is 2.01. The van der Waals surface area contributed by atoms with Crippen LogP contribution in [0.25, 0.3) is 0 Å². The highest BCUT2D eigenvalue weighted by molar-refractivity contribution is 4.66. The first-order valence-corrected chi connectivity index (χ1v) is 2.67. The maximum atomic E-state index is 10.7. The van der Waals surface area contributed by atoms with E-state index >= 15 is 0 Å². The average Bonchev–Trinajstić information content (AvgIpc) is 1.96. The van der Waals surface area contributed by atoms with Gasteiger partial charge in [0.05, 0.1) is 0 Å². The maximum absolute atomic E-state index is 10.7. The predicted molar refractivity (Wildman–Crippen MR) is 34.1 cm³/mol. The van der Waals surface area contributed by atoms with Gasteiger partial charge in [0, 0.05) is 0 Å². The Morgan fingerprint density at radius 2 is 1.75 bits per heavy atom. The summed E-state index contributed by atoms with van der Waals surface area (Å²) in [5, 5.41) is 7.96. The molecule has 0 amide bonds. The Balaban J connectivity index is 3.52. The fourth-order valence-corrected chi connectivity index (χ4v) is 0.543. The van der Waals surface area contributed by atoms with Gasteiger partial charge in [0.2, 0.25) is 0 Å². The minimum Gasteiger partial charge on any atom is -0.285 e. The average molecular weight is 170 g/mol. The van der Waals surface area contributed by atoms with Crippen molar-refractivity contribution in [3.63, 3.8) is 0 Å². The van der Waals surface area contributed by atoms with Crippen molar-refractivity contribution in [1.29, 1.82) is 5.26 Å². The number of nitrogens with zero attached hydrogens (tertiary/aromatic N) is 2. The molecule has 0 fully saturated rings. The molecule has 8 nitrogen and oxygen atoms in total. The number of aromatic amines is 2. The minimum atomic E-state index is -1.11. The Kier molecular flexibility index (Phi) is 1.79. The van der Waals surface area contributed by atoms with Crippen molar-refractivity contribution in [2.75, 3.05) is 0 Å². The van der Waals surface area contributed by atoms with Crippen LogP contribution in [-0.2, 0) is 0 Å². The molecule has 0 saturated carbocycles. The maximum Gasteiger partial charge on any atom is 0.368 e. The first-order valence-electron chi connectivity index (χ1n) is 2.67. The molecular weight excluding hydrogens is 168 g/mol. The molecular formula is C4H2N4O4. The van der Waals surface area contributed by atoms with Gasteiger partial charge in [-0.3, -0.25) is 14.8 Å². The molecule has 0 saturated heterocycles. The van der Waals surface area contributed by atoms with Crippen molar-refractivity contribution in [1.82, 2.24) is 14.7 Å². The highest BCUT2D eigenvalue weighted by atomic mass is 16.7. The van der Waals surface area contributed by atoms with Crippen LogP contribution in [0.1, 0.15) is 0 Å². The third-order valence-corrected chi connectivity index (χ3v) is 0.942. The molecule has 8 heteroatoms. The Morgan fingerprint density at radius 1 is 1.25 bits per heavy atom. The summed E-state index contributed by atoms with van der Waals surface area (Å²) in [4.78, 5) is 39.0. The number of aromatic nitrogens is 3. The Labute approximate surface area is 63.6 Å². The SMILES string of the molecule is N#COn1c(=O)[nH]c(=O)[nH]c1=O. The van der Waals surface area contributed by atoms with Gasteiger partial charge in [-0.2, -0.15) is 0 Å². The zero-order valence-electron chi connectivity index (χ0n) is 5.53. The van der Waals surface area contributed by atoms with Crippen LogP contribution in [0, 0.1) is 11.5 Å². The molecule has 62 valence electrons. The van der Waals surface area contributed by atoms with Gasteiger partial charge in [0.25, 0.3) is 0 Å². The monoisotopic (exact) mass is 170 g/mol. The van der Waals surface area contributed by atoms with Crippen LogP contribution in [-0.4, -0.2) is 14.7 Å². The quantitative estimate of drug-likeness (QED) is 0.439. The molecule has 0 aliphatic heterocycles. The zero-order valence-corrected chi connectivity index (χ0v) is 5.53. The third-order valence-electron chi connectivity index (χ3n) is 0.942. The lowest BCUT2D eigenvalue weighted by Gasteiger charge is -1.93. The van der Waals surface area contributed by atoms with Gasteiger partial charge < -0.3 is 0 Å². The fraction of sp³-hybridized carbons (Fsp3) is 0. The lowest BCUT2D eigenvalue weighted by Crippen LogP contribution is -2.45. The van der Waals surface area contributed by atoms with Gasteiger partial charge >= 0.3 is 23.3 Å². The number of nitrogens with one attached hydrogen (secondary N) is 2. The lowest BCUT2D eigenvalue weighted by atomic mass is 11.0. The van der Waals surface area contributed by atoms with Gasteiger partial charge in [0.1, 0.15) is 0 Å². The molecule has 0 bridgehead atoms. The van der Waals surface area contributed by atoms with E-state index in [2.05, 4.69) is 4.84 Å². The van der Waals surface area contributed by atoms with Gasteiger partial charge in [-0.1, -0.05) is 4.73 Å². The van der Waals surface area contributed by atoms with Crippen molar-refractivity contribution in [2.24, 2.45) is 0 Å². The molecule has 0 spiro atoms. The van der Waals surface area contributed by atoms with Crippen molar-refractivity contribution in [3.05, 3.63) is 31.5 Å². The molecule has 1 rings (SSSR count). The molecule has 12 heavy (non-hydrogen) atoms. The molecule has 0 aliphatic rings. The standard InChI is InChI=1S/C4H2N4O4/c5-1-12-8-3(10)6-2(9)7-4(8)11/h(H2,6,7,9,10,11). The van der Waals surface area contributed by atoms with Crippen molar-refractivity contribution in [2.45, 2.75) is 0 Å². The summed E-state index contributed by atoms with van der Waals surface area (Å²) in [6.07, 6.45) is 1.11. The van der Waals surface area contributed by atoms with Crippen LogP contribution in [0.3, 0.4) is 0 Å². The van der Waals surface area contributed by atoms with E-state index in [0.29, 0.717) is 0 Å². The number of nitriles is 1. The van der Waals surface area contributed by atoms with Gasteiger partial charge in [0.15, 0.2) is 0 Å². The predicted octanol–water partition coefficient (Wildman–Crippen LogP) is -2.87. The molecule has 1 aromatic rings. The van der Waals surface area contributed by atoms with E-state index in [-0.39, 0.29) is 4.73 Å². The summed E-state index contributed by atoms with van der Waals surface area (Å²) >= 11 is 0. The van der Waals surface area contributed by atoms with Crippen molar-refractivity contribution in [3.8, 4) is 6.26 Å². The smallest absolute Gasteiger partial charge is 0.285 e. The number of hydrogen-bond donors (Lipinski definition) is 2.